The fourth-order valence-electron chi connectivity index (χ4n) is 2.79. The number of anilines is 1. The molecule has 0 saturated carbocycles. The summed E-state index contributed by atoms with van der Waals surface area (Å²) in [7, 11) is 0. The highest BCUT2D eigenvalue weighted by atomic mass is 35.5. The summed E-state index contributed by atoms with van der Waals surface area (Å²) in [5.41, 5.74) is 0.874. The maximum atomic E-state index is 12.3. The lowest BCUT2D eigenvalue weighted by Gasteiger charge is -2.09. The van der Waals surface area contributed by atoms with Gasteiger partial charge in [0, 0.05) is 12.2 Å². The summed E-state index contributed by atoms with van der Waals surface area (Å²) in [6.45, 7) is 2.62. The summed E-state index contributed by atoms with van der Waals surface area (Å²) >= 11 is 7.25. The molecule has 0 radical (unpaired) electrons. The average Bonchev–Trinajstić information content (AvgIpc) is 3.18. The van der Waals surface area contributed by atoms with Gasteiger partial charge in [0.1, 0.15) is 0 Å². The minimum Gasteiger partial charge on any atom is -0.545 e. The molecule has 9 nitrogen and oxygen atoms in total. The van der Waals surface area contributed by atoms with E-state index in [9.17, 15) is 19.5 Å². The van der Waals surface area contributed by atoms with Gasteiger partial charge in [0.05, 0.1) is 28.9 Å². The second-order valence-electron chi connectivity index (χ2n) is 6.51. The van der Waals surface area contributed by atoms with Crippen molar-refractivity contribution in [2.75, 3.05) is 11.1 Å². The minimum absolute atomic E-state index is 0.0302. The molecule has 0 aliphatic heterocycles. The Morgan fingerprint density at radius 3 is 2.47 bits per heavy atom. The van der Waals surface area contributed by atoms with Crippen molar-refractivity contribution in [2.24, 2.45) is 0 Å². The Hall–Kier alpha value is -3.37. The monoisotopic (exact) mass is 472 g/mol. The number of hydrogen-bond donors (Lipinski definition) is 2. The molecule has 11 heteroatoms. The van der Waals surface area contributed by atoms with Crippen LogP contribution in [0.3, 0.4) is 0 Å². The van der Waals surface area contributed by atoms with E-state index in [1.807, 2.05) is 6.92 Å². The Bertz CT molecular complexity index is 1130. The Balaban J connectivity index is 1.56. The van der Waals surface area contributed by atoms with Gasteiger partial charge in [-0.15, -0.1) is 10.2 Å². The van der Waals surface area contributed by atoms with E-state index in [4.69, 9.17) is 11.6 Å². The topological polar surface area (TPSA) is 129 Å². The molecule has 2 aromatic carbocycles. The number of thioether (sulfide) groups is 1. The van der Waals surface area contributed by atoms with E-state index in [1.165, 1.54) is 36.0 Å². The number of carbonyl (C=O) groups is 3. The number of carboxylic acids is 1. The molecule has 0 aliphatic carbocycles. The number of aromatic nitrogens is 3. The molecule has 0 unspecified atom stereocenters. The number of carboxylic acid groups (broad SMARTS) is 1. The van der Waals surface area contributed by atoms with Crippen LogP contribution in [0.1, 0.15) is 33.5 Å². The molecule has 0 saturated heterocycles. The normalized spacial score (nSPS) is 10.6. The van der Waals surface area contributed by atoms with Crippen LogP contribution in [0.4, 0.5) is 5.69 Å². The molecule has 2 N–H and O–H groups in total. The Morgan fingerprint density at radius 1 is 1.09 bits per heavy atom. The van der Waals surface area contributed by atoms with Crippen molar-refractivity contribution in [3.8, 4) is 0 Å². The van der Waals surface area contributed by atoms with Crippen LogP contribution in [0.15, 0.2) is 53.7 Å². The first-order valence-corrected chi connectivity index (χ1v) is 10.9. The largest absolute Gasteiger partial charge is 0.545 e. The number of rotatable bonds is 9. The number of aromatic carboxylic acids is 1. The van der Waals surface area contributed by atoms with Crippen LogP contribution in [0, 0.1) is 0 Å². The molecule has 0 spiro atoms. The van der Waals surface area contributed by atoms with E-state index >= 15 is 0 Å². The Morgan fingerprint density at radius 2 is 1.81 bits per heavy atom. The van der Waals surface area contributed by atoms with Gasteiger partial charge in [0.15, 0.2) is 11.0 Å². The van der Waals surface area contributed by atoms with Gasteiger partial charge in [0.2, 0.25) is 5.91 Å². The van der Waals surface area contributed by atoms with Crippen LogP contribution >= 0.6 is 23.4 Å². The van der Waals surface area contributed by atoms with Gasteiger partial charge in [-0.2, -0.15) is 0 Å². The highest BCUT2D eigenvalue weighted by molar-refractivity contribution is 7.99. The summed E-state index contributed by atoms with van der Waals surface area (Å²) in [5.74, 6) is -1.26. The maximum Gasteiger partial charge on any atom is 0.253 e. The van der Waals surface area contributed by atoms with Gasteiger partial charge < -0.3 is 25.1 Å². The summed E-state index contributed by atoms with van der Waals surface area (Å²) in [5, 5.41) is 25.4. The maximum absolute atomic E-state index is 12.3. The quantitative estimate of drug-likeness (QED) is 0.455. The SMILES string of the molecule is CCn1c(CNC(=O)c2ccccc2Cl)nnc1SCC(=O)Nc1ccc(C(=O)[O-])cc1. The number of nitrogens with zero attached hydrogens (tertiary/aromatic N) is 3. The van der Waals surface area contributed by atoms with Gasteiger partial charge in [-0.3, -0.25) is 9.59 Å². The van der Waals surface area contributed by atoms with Gasteiger partial charge in [-0.1, -0.05) is 47.6 Å². The molecule has 0 fully saturated rings. The third kappa shape index (κ3) is 5.86. The zero-order chi connectivity index (χ0) is 23.1. The standard InChI is InChI=1S/C21H20ClN5O4S/c1-2-27-17(11-23-19(29)15-5-3-4-6-16(15)22)25-26-21(27)32-12-18(28)24-14-9-7-13(8-10-14)20(30)31/h3-10H,2,11-12H2,1H3,(H,23,29)(H,24,28)(H,30,31)/p-1. The first kappa shape index (κ1) is 23.3. The summed E-state index contributed by atoms with van der Waals surface area (Å²) in [4.78, 5) is 35.4. The summed E-state index contributed by atoms with van der Waals surface area (Å²) < 4.78 is 1.81. The van der Waals surface area contributed by atoms with Crippen molar-refractivity contribution in [3.05, 3.63) is 70.5 Å². The van der Waals surface area contributed by atoms with E-state index in [-0.39, 0.29) is 29.7 Å². The van der Waals surface area contributed by atoms with Crippen LogP contribution in [0.2, 0.25) is 5.02 Å². The van der Waals surface area contributed by atoms with E-state index in [0.717, 1.165) is 0 Å². The number of halogens is 1. The first-order chi connectivity index (χ1) is 15.4. The smallest absolute Gasteiger partial charge is 0.253 e. The van der Waals surface area contributed by atoms with Crippen LogP contribution in [0.25, 0.3) is 0 Å². The van der Waals surface area contributed by atoms with Crippen molar-refractivity contribution in [3.63, 3.8) is 0 Å². The molecule has 0 atom stereocenters. The number of amides is 2. The summed E-state index contributed by atoms with van der Waals surface area (Å²) in [6.07, 6.45) is 0. The minimum atomic E-state index is -1.28. The molecular formula is C21H19ClN5O4S-. The third-order valence-electron chi connectivity index (χ3n) is 4.37. The molecule has 0 bridgehead atoms. The van der Waals surface area contributed by atoms with Crippen LogP contribution in [-0.4, -0.2) is 38.3 Å². The molecule has 3 rings (SSSR count). The fourth-order valence-corrected chi connectivity index (χ4v) is 3.83. The Labute approximate surface area is 193 Å². The number of nitrogens with one attached hydrogen (secondary N) is 2. The first-order valence-electron chi connectivity index (χ1n) is 9.58. The predicted molar refractivity (Wildman–Crippen MR) is 118 cm³/mol. The van der Waals surface area contributed by atoms with E-state index in [0.29, 0.717) is 33.8 Å². The van der Waals surface area contributed by atoms with Gasteiger partial charge in [0.25, 0.3) is 5.91 Å². The lowest BCUT2D eigenvalue weighted by molar-refractivity contribution is -0.255. The highest BCUT2D eigenvalue weighted by Gasteiger charge is 2.15. The Kier molecular flexibility index (Phi) is 7.85. The molecular weight excluding hydrogens is 454 g/mol. The molecule has 166 valence electrons. The number of benzene rings is 2. The van der Waals surface area contributed by atoms with Crippen molar-refractivity contribution in [1.29, 1.82) is 0 Å². The predicted octanol–water partition coefficient (Wildman–Crippen LogP) is 1.98. The van der Waals surface area contributed by atoms with Crippen molar-refractivity contribution in [1.82, 2.24) is 20.1 Å². The van der Waals surface area contributed by atoms with Crippen LogP contribution < -0.4 is 15.7 Å². The second kappa shape index (κ2) is 10.8. The van der Waals surface area contributed by atoms with Crippen molar-refractivity contribution < 1.29 is 19.5 Å². The molecule has 0 aliphatic rings. The third-order valence-corrected chi connectivity index (χ3v) is 5.67. The van der Waals surface area contributed by atoms with E-state index in [2.05, 4.69) is 20.8 Å². The zero-order valence-electron chi connectivity index (χ0n) is 17.0. The lowest BCUT2D eigenvalue weighted by Crippen LogP contribution is -2.25. The molecule has 3 aromatic rings. The van der Waals surface area contributed by atoms with E-state index in [1.54, 1.807) is 28.8 Å². The zero-order valence-corrected chi connectivity index (χ0v) is 18.6. The fraction of sp³-hybridized carbons (Fsp3) is 0.190. The molecule has 2 amide bonds. The molecule has 32 heavy (non-hydrogen) atoms. The second-order valence-corrected chi connectivity index (χ2v) is 7.86. The molecule has 1 heterocycles. The lowest BCUT2D eigenvalue weighted by atomic mass is 10.2. The van der Waals surface area contributed by atoms with Gasteiger partial charge in [-0.25, -0.2) is 0 Å². The summed E-state index contributed by atoms with van der Waals surface area (Å²) in [6, 6.07) is 12.4. The van der Waals surface area contributed by atoms with Crippen molar-refractivity contribution >= 4 is 46.8 Å². The van der Waals surface area contributed by atoms with Gasteiger partial charge in [-0.05, 0) is 36.8 Å². The highest BCUT2D eigenvalue weighted by Crippen LogP contribution is 2.19. The van der Waals surface area contributed by atoms with Gasteiger partial charge >= 0.3 is 0 Å². The van der Waals surface area contributed by atoms with Crippen molar-refractivity contribution in [2.45, 2.75) is 25.2 Å². The van der Waals surface area contributed by atoms with Crippen LogP contribution in [-0.2, 0) is 17.9 Å². The van der Waals surface area contributed by atoms with E-state index < -0.39 is 5.97 Å². The average molecular weight is 473 g/mol. The number of hydrogen-bond acceptors (Lipinski definition) is 7. The van der Waals surface area contributed by atoms with Crippen LogP contribution in [0.5, 0.6) is 0 Å². The number of carbonyl (C=O) groups excluding carboxylic acids is 3. The molecule has 1 aromatic heterocycles.